The molecule has 25 heavy (non-hydrogen) atoms. The Bertz CT molecular complexity index is 662. The molecule has 7 nitrogen and oxygen atoms in total. The lowest BCUT2D eigenvalue weighted by Crippen LogP contribution is -2.34. The molecule has 0 atom stereocenters. The molecule has 1 amide bonds. The second-order valence-electron chi connectivity index (χ2n) is 5.23. The Morgan fingerprint density at radius 2 is 2.00 bits per heavy atom. The number of aromatic nitrogens is 1. The van der Waals surface area contributed by atoms with Crippen molar-refractivity contribution in [2.75, 3.05) is 33.9 Å². The zero-order chi connectivity index (χ0) is 17.9. The predicted octanol–water partition coefficient (Wildman–Crippen LogP) is 1.73. The van der Waals surface area contributed by atoms with Gasteiger partial charge in [-0.2, -0.15) is 0 Å². The maximum Gasteiger partial charge on any atom is 0.234 e. The van der Waals surface area contributed by atoms with E-state index in [1.807, 2.05) is 24.3 Å². The Hall–Kier alpha value is -2.64. The average Bonchev–Trinajstić information content (AvgIpc) is 2.65. The van der Waals surface area contributed by atoms with Gasteiger partial charge in [0.1, 0.15) is 11.5 Å². The van der Waals surface area contributed by atoms with Gasteiger partial charge in [0, 0.05) is 38.5 Å². The molecule has 0 aliphatic carbocycles. The third-order valence-corrected chi connectivity index (χ3v) is 3.32. The first kappa shape index (κ1) is 18.7. The molecule has 1 heterocycles. The second-order valence-corrected chi connectivity index (χ2v) is 5.23. The summed E-state index contributed by atoms with van der Waals surface area (Å²) in [6.07, 6.45) is 1.67. The lowest BCUT2D eigenvalue weighted by molar-refractivity contribution is -0.120. The molecule has 1 aromatic carbocycles. The summed E-state index contributed by atoms with van der Waals surface area (Å²) >= 11 is 0. The van der Waals surface area contributed by atoms with E-state index in [2.05, 4.69) is 15.6 Å². The molecule has 2 rings (SSSR count). The third kappa shape index (κ3) is 6.78. The van der Waals surface area contributed by atoms with E-state index in [0.717, 1.165) is 11.3 Å². The van der Waals surface area contributed by atoms with Crippen molar-refractivity contribution < 1.29 is 19.0 Å². The molecule has 0 fully saturated rings. The van der Waals surface area contributed by atoms with Gasteiger partial charge in [0.15, 0.2) is 0 Å². The average molecular weight is 345 g/mol. The highest BCUT2D eigenvalue weighted by Gasteiger charge is 2.03. The van der Waals surface area contributed by atoms with Crippen molar-refractivity contribution in [3.05, 3.63) is 48.2 Å². The summed E-state index contributed by atoms with van der Waals surface area (Å²) < 4.78 is 15.7. The van der Waals surface area contributed by atoms with E-state index in [1.165, 1.54) is 0 Å². The van der Waals surface area contributed by atoms with Crippen molar-refractivity contribution in [2.24, 2.45) is 0 Å². The number of methoxy groups -OCH3 is 2. The van der Waals surface area contributed by atoms with Crippen LogP contribution in [-0.4, -0.2) is 44.8 Å². The monoisotopic (exact) mass is 345 g/mol. The minimum atomic E-state index is -0.0761. The summed E-state index contributed by atoms with van der Waals surface area (Å²) in [4.78, 5) is 15.9. The van der Waals surface area contributed by atoms with Crippen LogP contribution in [0.2, 0.25) is 0 Å². The SMILES string of the molecule is COCCNCC(=O)NCc1ccc(Oc2cccc(OC)c2)nc1. The van der Waals surface area contributed by atoms with Gasteiger partial charge in [-0.1, -0.05) is 12.1 Å². The van der Waals surface area contributed by atoms with Crippen molar-refractivity contribution in [1.82, 2.24) is 15.6 Å². The normalized spacial score (nSPS) is 10.3. The zero-order valence-corrected chi connectivity index (χ0v) is 14.5. The predicted molar refractivity (Wildman–Crippen MR) is 93.9 cm³/mol. The van der Waals surface area contributed by atoms with E-state index in [0.29, 0.717) is 31.3 Å². The minimum Gasteiger partial charge on any atom is -0.497 e. The number of nitrogens with one attached hydrogen (secondary N) is 2. The molecule has 134 valence electrons. The number of carbonyl (C=O) groups excluding carboxylic acids is 1. The van der Waals surface area contributed by atoms with Crippen molar-refractivity contribution in [3.63, 3.8) is 0 Å². The van der Waals surface area contributed by atoms with Crippen LogP contribution in [0.15, 0.2) is 42.6 Å². The van der Waals surface area contributed by atoms with Crippen LogP contribution in [0.3, 0.4) is 0 Å². The molecule has 0 bridgehead atoms. The molecule has 2 N–H and O–H groups in total. The first-order chi connectivity index (χ1) is 12.2. The van der Waals surface area contributed by atoms with Crippen LogP contribution < -0.4 is 20.1 Å². The Balaban J connectivity index is 1.78. The van der Waals surface area contributed by atoms with Gasteiger partial charge < -0.3 is 24.8 Å². The summed E-state index contributed by atoms with van der Waals surface area (Å²) in [5, 5.41) is 5.81. The Morgan fingerprint density at radius 3 is 2.72 bits per heavy atom. The molecule has 0 radical (unpaired) electrons. The van der Waals surface area contributed by atoms with Gasteiger partial charge in [0.05, 0.1) is 20.3 Å². The van der Waals surface area contributed by atoms with Crippen molar-refractivity contribution >= 4 is 5.91 Å². The Kier molecular flexibility index (Phi) is 7.68. The molecule has 2 aromatic rings. The van der Waals surface area contributed by atoms with Gasteiger partial charge >= 0.3 is 0 Å². The number of amides is 1. The van der Waals surface area contributed by atoms with E-state index in [-0.39, 0.29) is 12.5 Å². The van der Waals surface area contributed by atoms with E-state index < -0.39 is 0 Å². The van der Waals surface area contributed by atoms with Crippen LogP contribution in [0.5, 0.6) is 17.4 Å². The molecule has 7 heteroatoms. The fourth-order valence-corrected chi connectivity index (χ4v) is 2.00. The highest BCUT2D eigenvalue weighted by Crippen LogP contribution is 2.23. The molecular formula is C18H23N3O4. The molecule has 0 saturated carbocycles. The molecular weight excluding hydrogens is 322 g/mol. The number of hydrogen-bond acceptors (Lipinski definition) is 6. The number of ether oxygens (including phenoxy) is 3. The lowest BCUT2D eigenvalue weighted by Gasteiger charge is -2.08. The summed E-state index contributed by atoms with van der Waals surface area (Å²) in [7, 11) is 3.23. The Morgan fingerprint density at radius 1 is 1.16 bits per heavy atom. The lowest BCUT2D eigenvalue weighted by atomic mass is 10.3. The van der Waals surface area contributed by atoms with Crippen LogP contribution in [-0.2, 0) is 16.1 Å². The smallest absolute Gasteiger partial charge is 0.234 e. The summed E-state index contributed by atoms with van der Waals surface area (Å²) in [6, 6.07) is 10.9. The standard InChI is InChI=1S/C18H23N3O4/c1-23-9-8-19-13-17(22)20-11-14-6-7-18(21-12-14)25-16-5-3-4-15(10-16)24-2/h3-7,10,12,19H,8-9,11,13H2,1-2H3,(H,20,22). The van der Waals surface area contributed by atoms with E-state index in [4.69, 9.17) is 14.2 Å². The second kappa shape index (κ2) is 10.3. The molecule has 1 aromatic heterocycles. The number of hydrogen-bond donors (Lipinski definition) is 2. The quantitative estimate of drug-likeness (QED) is 0.638. The molecule has 0 saturated heterocycles. The third-order valence-electron chi connectivity index (χ3n) is 3.32. The number of carbonyl (C=O) groups is 1. The fraction of sp³-hybridized carbons (Fsp3) is 0.333. The summed E-state index contributed by atoms with van der Waals surface area (Å²) in [6.45, 7) is 1.89. The first-order valence-corrected chi connectivity index (χ1v) is 7.94. The highest BCUT2D eigenvalue weighted by molar-refractivity contribution is 5.77. The van der Waals surface area contributed by atoms with Crippen LogP contribution in [0.25, 0.3) is 0 Å². The van der Waals surface area contributed by atoms with E-state index >= 15 is 0 Å². The van der Waals surface area contributed by atoms with Gasteiger partial charge in [-0.05, 0) is 17.7 Å². The van der Waals surface area contributed by atoms with E-state index in [1.54, 1.807) is 32.5 Å². The fourth-order valence-electron chi connectivity index (χ4n) is 2.00. The van der Waals surface area contributed by atoms with Crippen molar-refractivity contribution in [3.8, 4) is 17.4 Å². The maximum atomic E-state index is 11.7. The number of pyridine rings is 1. The van der Waals surface area contributed by atoms with E-state index in [9.17, 15) is 4.79 Å². The topological polar surface area (TPSA) is 81.7 Å². The minimum absolute atomic E-state index is 0.0761. The molecule has 0 aliphatic heterocycles. The highest BCUT2D eigenvalue weighted by atomic mass is 16.5. The van der Waals surface area contributed by atoms with Crippen molar-refractivity contribution in [1.29, 1.82) is 0 Å². The molecule has 0 spiro atoms. The van der Waals surface area contributed by atoms with Gasteiger partial charge in [-0.15, -0.1) is 0 Å². The maximum absolute atomic E-state index is 11.7. The molecule has 0 aliphatic rings. The van der Waals surface area contributed by atoms with Crippen LogP contribution in [0, 0.1) is 0 Å². The van der Waals surface area contributed by atoms with Gasteiger partial charge in [0.25, 0.3) is 0 Å². The number of nitrogens with zero attached hydrogens (tertiary/aromatic N) is 1. The summed E-state index contributed by atoms with van der Waals surface area (Å²) in [5.74, 6) is 1.77. The van der Waals surface area contributed by atoms with Crippen molar-refractivity contribution in [2.45, 2.75) is 6.54 Å². The van der Waals surface area contributed by atoms with Gasteiger partial charge in [-0.3, -0.25) is 4.79 Å². The van der Waals surface area contributed by atoms with Gasteiger partial charge in [0.2, 0.25) is 11.8 Å². The van der Waals surface area contributed by atoms with Crippen LogP contribution in [0.1, 0.15) is 5.56 Å². The van der Waals surface area contributed by atoms with Crippen LogP contribution >= 0.6 is 0 Å². The molecule has 0 unspecified atom stereocenters. The van der Waals surface area contributed by atoms with Crippen LogP contribution in [0.4, 0.5) is 0 Å². The number of benzene rings is 1. The summed E-state index contributed by atoms with van der Waals surface area (Å²) in [5.41, 5.74) is 0.892. The number of rotatable bonds is 10. The van der Waals surface area contributed by atoms with Gasteiger partial charge in [-0.25, -0.2) is 4.98 Å². The zero-order valence-electron chi connectivity index (χ0n) is 14.5. The Labute approximate surface area is 147 Å². The largest absolute Gasteiger partial charge is 0.497 e. The first-order valence-electron chi connectivity index (χ1n) is 7.94.